The molecule has 0 unspecified atom stereocenters. The third-order valence-electron chi connectivity index (χ3n) is 5.33. The van der Waals surface area contributed by atoms with Gasteiger partial charge < -0.3 is 15.4 Å². The number of urea groups is 1. The number of imide groups is 1. The fraction of sp³-hybridized carbons (Fsp3) is 0.286. The van der Waals surface area contributed by atoms with E-state index in [1.165, 1.54) is 24.3 Å². The van der Waals surface area contributed by atoms with Crippen molar-refractivity contribution in [3.63, 3.8) is 0 Å². The number of amides is 4. The van der Waals surface area contributed by atoms with Crippen LogP contribution in [0.15, 0.2) is 48.5 Å². The molecule has 1 aliphatic carbocycles. The van der Waals surface area contributed by atoms with Gasteiger partial charge in [-0.25, -0.2) is 4.79 Å². The van der Waals surface area contributed by atoms with Gasteiger partial charge in [0.2, 0.25) is 5.91 Å². The summed E-state index contributed by atoms with van der Waals surface area (Å²) in [6.45, 7) is -3.60. The summed E-state index contributed by atoms with van der Waals surface area (Å²) in [6, 6.07) is 12.4. The van der Waals surface area contributed by atoms with Crippen molar-refractivity contribution >= 4 is 23.5 Å². The quantitative estimate of drug-likeness (QED) is 0.735. The largest absolute Gasteiger partial charge is 0.433 e. The van der Waals surface area contributed by atoms with Crippen molar-refractivity contribution in [3.8, 4) is 5.75 Å². The molecule has 30 heavy (non-hydrogen) atoms. The van der Waals surface area contributed by atoms with Crippen LogP contribution in [0.3, 0.4) is 0 Å². The molecule has 0 aromatic heterocycles. The van der Waals surface area contributed by atoms with Crippen LogP contribution in [0.1, 0.15) is 24.0 Å². The number of carbonyl (C=O) groups is 3. The Morgan fingerprint density at radius 1 is 1.17 bits per heavy atom. The predicted molar refractivity (Wildman–Crippen MR) is 103 cm³/mol. The van der Waals surface area contributed by atoms with E-state index in [1.54, 1.807) is 6.07 Å². The molecule has 1 aliphatic heterocycles. The first-order valence-corrected chi connectivity index (χ1v) is 9.47. The summed E-state index contributed by atoms with van der Waals surface area (Å²) >= 11 is 0. The number of carbonyl (C=O) groups excluding carboxylic acids is 3. The third kappa shape index (κ3) is 3.47. The molecule has 4 amide bonds. The standard InChI is InChI=1S/C21H19F2N3O4/c22-19(23)30-16-10-4-3-9-15(16)24-17(27)12-26-18(28)21(25-20(26)29)11-5-7-13-6-1-2-8-14(13)21/h1-4,6,8-10,19H,5,7,11-12H2,(H,24,27)(H,25,29)/t21-/m1/s1. The Kier molecular flexibility index (Phi) is 5.11. The number of ether oxygens (including phenoxy) is 1. The number of nitrogens with zero attached hydrogens (tertiary/aromatic N) is 1. The monoisotopic (exact) mass is 415 g/mol. The first-order valence-electron chi connectivity index (χ1n) is 9.47. The molecule has 0 bridgehead atoms. The topological polar surface area (TPSA) is 87.7 Å². The number of hydrogen-bond acceptors (Lipinski definition) is 4. The van der Waals surface area contributed by atoms with Gasteiger partial charge in [0.15, 0.2) is 0 Å². The fourth-order valence-electron chi connectivity index (χ4n) is 4.06. The van der Waals surface area contributed by atoms with Gasteiger partial charge in [0.1, 0.15) is 17.8 Å². The fourth-order valence-corrected chi connectivity index (χ4v) is 4.06. The summed E-state index contributed by atoms with van der Waals surface area (Å²) in [4.78, 5) is 39.1. The first kappa shape index (κ1) is 19.8. The van der Waals surface area contributed by atoms with Gasteiger partial charge >= 0.3 is 12.6 Å². The lowest BCUT2D eigenvalue weighted by molar-refractivity contribution is -0.134. The van der Waals surface area contributed by atoms with Crippen molar-refractivity contribution in [2.45, 2.75) is 31.4 Å². The molecular weight excluding hydrogens is 396 g/mol. The van der Waals surface area contributed by atoms with Crippen LogP contribution in [0, 0.1) is 0 Å². The number of hydrogen-bond donors (Lipinski definition) is 2. The van der Waals surface area contributed by atoms with Crippen molar-refractivity contribution in [3.05, 3.63) is 59.7 Å². The molecule has 7 nitrogen and oxygen atoms in total. The van der Waals surface area contributed by atoms with Crippen molar-refractivity contribution in [2.24, 2.45) is 0 Å². The molecule has 2 aromatic carbocycles. The van der Waals surface area contributed by atoms with Crippen LogP contribution in [0.4, 0.5) is 19.3 Å². The lowest BCUT2D eigenvalue weighted by Crippen LogP contribution is -2.47. The number of para-hydroxylation sites is 2. The highest BCUT2D eigenvalue weighted by Crippen LogP contribution is 2.39. The Labute approximate surface area is 171 Å². The van der Waals surface area contributed by atoms with Gasteiger partial charge in [-0.05, 0) is 42.5 Å². The molecule has 1 saturated heterocycles. The van der Waals surface area contributed by atoms with Gasteiger partial charge in [-0.2, -0.15) is 8.78 Å². The van der Waals surface area contributed by atoms with E-state index in [1.807, 2.05) is 18.2 Å². The molecule has 2 N–H and O–H groups in total. The number of aryl methyl sites for hydroxylation is 1. The molecule has 1 heterocycles. The van der Waals surface area contributed by atoms with E-state index in [2.05, 4.69) is 15.4 Å². The second kappa shape index (κ2) is 7.74. The van der Waals surface area contributed by atoms with Gasteiger partial charge in [-0.1, -0.05) is 36.4 Å². The van der Waals surface area contributed by atoms with Gasteiger partial charge in [-0.15, -0.1) is 0 Å². The highest BCUT2D eigenvalue weighted by Gasteiger charge is 2.54. The number of nitrogens with one attached hydrogen (secondary N) is 2. The zero-order chi connectivity index (χ0) is 21.3. The smallest absolute Gasteiger partial charge is 0.387 e. The number of rotatable bonds is 5. The molecular formula is C21H19F2N3O4. The molecule has 2 aliphatic rings. The van der Waals surface area contributed by atoms with E-state index in [0.717, 1.165) is 28.9 Å². The number of benzene rings is 2. The molecule has 1 fully saturated rings. The molecule has 0 radical (unpaired) electrons. The molecule has 2 aromatic rings. The van der Waals surface area contributed by atoms with E-state index in [0.29, 0.717) is 6.42 Å². The Bertz CT molecular complexity index is 1010. The molecule has 1 atom stereocenters. The van der Waals surface area contributed by atoms with Crippen LogP contribution >= 0.6 is 0 Å². The van der Waals surface area contributed by atoms with Crippen molar-refractivity contribution in [2.75, 3.05) is 11.9 Å². The summed E-state index contributed by atoms with van der Waals surface area (Å²) in [5, 5.41) is 5.19. The van der Waals surface area contributed by atoms with Crippen LogP contribution in [-0.4, -0.2) is 35.9 Å². The Balaban J connectivity index is 1.52. The van der Waals surface area contributed by atoms with E-state index in [9.17, 15) is 23.2 Å². The van der Waals surface area contributed by atoms with Gasteiger partial charge in [0, 0.05) is 0 Å². The zero-order valence-corrected chi connectivity index (χ0v) is 15.9. The first-order chi connectivity index (χ1) is 14.4. The minimum atomic E-state index is -3.06. The van der Waals surface area contributed by atoms with E-state index >= 15 is 0 Å². The van der Waals surface area contributed by atoms with E-state index < -0.39 is 36.5 Å². The second-order valence-corrected chi connectivity index (χ2v) is 7.16. The van der Waals surface area contributed by atoms with Crippen LogP contribution < -0.4 is 15.4 Å². The van der Waals surface area contributed by atoms with Crippen LogP contribution in [-0.2, 0) is 21.5 Å². The maximum Gasteiger partial charge on any atom is 0.387 e. The minimum Gasteiger partial charge on any atom is -0.433 e. The SMILES string of the molecule is O=C(CN1C(=O)N[C@@]2(CCCc3ccccc32)C1=O)Nc1ccccc1OC(F)F. The number of fused-ring (bicyclic) bond motifs is 2. The molecule has 0 saturated carbocycles. The Morgan fingerprint density at radius 2 is 1.90 bits per heavy atom. The van der Waals surface area contributed by atoms with Crippen molar-refractivity contribution in [1.82, 2.24) is 10.2 Å². The van der Waals surface area contributed by atoms with E-state index in [-0.39, 0.29) is 11.4 Å². The number of anilines is 1. The summed E-state index contributed by atoms with van der Waals surface area (Å²) in [7, 11) is 0. The zero-order valence-electron chi connectivity index (χ0n) is 15.9. The van der Waals surface area contributed by atoms with Gasteiger partial charge in [-0.3, -0.25) is 14.5 Å². The summed E-state index contributed by atoms with van der Waals surface area (Å²) in [5.41, 5.74) is 0.575. The molecule has 9 heteroatoms. The highest BCUT2D eigenvalue weighted by atomic mass is 19.3. The number of halogens is 2. The van der Waals surface area contributed by atoms with Crippen molar-refractivity contribution in [1.29, 1.82) is 0 Å². The maximum absolute atomic E-state index is 13.2. The summed E-state index contributed by atoms with van der Waals surface area (Å²) < 4.78 is 29.5. The average molecular weight is 415 g/mol. The van der Waals surface area contributed by atoms with Gasteiger partial charge in [0.25, 0.3) is 5.91 Å². The predicted octanol–water partition coefficient (Wildman–Crippen LogP) is 3.01. The second-order valence-electron chi connectivity index (χ2n) is 7.16. The van der Waals surface area contributed by atoms with Crippen LogP contribution in [0.2, 0.25) is 0 Å². The molecule has 156 valence electrons. The third-order valence-corrected chi connectivity index (χ3v) is 5.33. The maximum atomic E-state index is 13.2. The molecule has 1 spiro atoms. The van der Waals surface area contributed by atoms with Crippen LogP contribution in [0.5, 0.6) is 5.75 Å². The Morgan fingerprint density at radius 3 is 2.70 bits per heavy atom. The number of alkyl halides is 2. The summed E-state index contributed by atoms with van der Waals surface area (Å²) in [5.74, 6) is -1.41. The lowest BCUT2D eigenvalue weighted by atomic mass is 9.76. The lowest BCUT2D eigenvalue weighted by Gasteiger charge is -2.33. The average Bonchev–Trinajstić information content (AvgIpc) is 2.94. The Hall–Kier alpha value is -3.49. The normalized spacial score (nSPS) is 20.3. The molecule has 4 rings (SSSR count). The minimum absolute atomic E-state index is 0.0209. The van der Waals surface area contributed by atoms with Gasteiger partial charge in [0.05, 0.1) is 5.69 Å². The van der Waals surface area contributed by atoms with Crippen LogP contribution in [0.25, 0.3) is 0 Å². The van der Waals surface area contributed by atoms with Crippen molar-refractivity contribution < 1.29 is 27.9 Å². The highest BCUT2D eigenvalue weighted by molar-refractivity contribution is 6.10. The summed E-state index contributed by atoms with van der Waals surface area (Å²) in [6.07, 6.45) is 1.97. The van der Waals surface area contributed by atoms with E-state index in [4.69, 9.17) is 0 Å².